The summed E-state index contributed by atoms with van der Waals surface area (Å²) < 4.78 is 0. The molecule has 0 saturated heterocycles. The van der Waals surface area contributed by atoms with Crippen LogP contribution in [0.25, 0.3) is 0 Å². The fourth-order valence-corrected chi connectivity index (χ4v) is 2.06. The number of thiazole rings is 1. The highest BCUT2D eigenvalue weighted by Crippen LogP contribution is 2.19. The topological polar surface area (TPSA) is 54.2 Å². The van der Waals surface area contributed by atoms with E-state index in [0.717, 1.165) is 18.2 Å². The molecule has 0 aromatic carbocycles. The maximum absolute atomic E-state index is 5.27. The van der Waals surface area contributed by atoms with E-state index in [4.69, 9.17) is 5.84 Å². The molecule has 0 spiro atoms. The minimum absolute atomic E-state index is 0.566. The van der Waals surface area contributed by atoms with Gasteiger partial charge in [-0.05, 0) is 20.4 Å². The number of nitrogen functional groups attached to an aromatic ring is 1. The largest absolute Gasteiger partial charge is 0.300 e. The van der Waals surface area contributed by atoms with Gasteiger partial charge in [0.15, 0.2) is 5.13 Å². The molecular formula is C9H18N4S. The van der Waals surface area contributed by atoms with E-state index in [1.54, 1.807) is 11.3 Å². The molecule has 0 bridgehead atoms. The minimum Gasteiger partial charge on any atom is -0.300 e. The van der Waals surface area contributed by atoms with E-state index in [1.807, 2.05) is 6.20 Å². The molecule has 0 unspecified atom stereocenters. The summed E-state index contributed by atoms with van der Waals surface area (Å²) in [5, 5.41) is 0.778. The highest BCUT2D eigenvalue weighted by molar-refractivity contribution is 7.15. The SMILES string of the molecule is CCN(Cc1cnc(NN)s1)C(C)C. The van der Waals surface area contributed by atoms with E-state index in [9.17, 15) is 0 Å². The lowest BCUT2D eigenvalue weighted by Gasteiger charge is -2.23. The van der Waals surface area contributed by atoms with E-state index in [0.29, 0.717) is 6.04 Å². The lowest BCUT2D eigenvalue weighted by Crippen LogP contribution is -2.29. The predicted octanol–water partition coefficient (Wildman–Crippen LogP) is 1.66. The number of aromatic nitrogens is 1. The number of nitrogens with zero attached hydrogens (tertiary/aromatic N) is 2. The highest BCUT2D eigenvalue weighted by Gasteiger charge is 2.09. The molecule has 1 heterocycles. The van der Waals surface area contributed by atoms with Gasteiger partial charge in [0.1, 0.15) is 0 Å². The second-order valence-corrected chi connectivity index (χ2v) is 4.55. The molecule has 1 aromatic rings. The van der Waals surface area contributed by atoms with Crippen molar-refractivity contribution in [2.24, 2.45) is 5.84 Å². The summed E-state index contributed by atoms with van der Waals surface area (Å²) >= 11 is 1.61. The van der Waals surface area contributed by atoms with Crippen LogP contribution in [0.1, 0.15) is 25.6 Å². The van der Waals surface area contributed by atoms with E-state index in [1.165, 1.54) is 4.88 Å². The molecule has 0 aliphatic heterocycles. The minimum atomic E-state index is 0.566. The van der Waals surface area contributed by atoms with Crippen molar-refractivity contribution in [3.05, 3.63) is 11.1 Å². The van der Waals surface area contributed by atoms with Crippen LogP contribution in [0.3, 0.4) is 0 Å². The van der Waals surface area contributed by atoms with Gasteiger partial charge in [-0.25, -0.2) is 10.8 Å². The Hall–Kier alpha value is -0.650. The Morgan fingerprint density at radius 3 is 2.79 bits per heavy atom. The van der Waals surface area contributed by atoms with Crippen molar-refractivity contribution < 1.29 is 0 Å². The maximum Gasteiger partial charge on any atom is 0.197 e. The van der Waals surface area contributed by atoms with Crippen molar-refractivity contribution in [3.63, 3.8) is 0 Å². The molecule has 0 radical (unpaired) electrons. The van der Waals surface area contributed by atoms with Crippen molar-refractivity contribution >= 4 is 16.5 Å². The number of anilines is 1. The number of rotatable bonds is 5. The summed E-state index contributed by atoms with van der Waals surface area (Å²) in [6, 6.07) is 0.566. The molecule has 0 aliphatic rings. The fourth-order valence-electron chi connectivity index (χ4n) is 1.31. The van der Waals surface area contributed by atoms with Gasteiger partial charge in [-0.15, -0.1) is 0 Å². The zero-order chi connectivity index (χ0) is 10.6. The summed E-state index contributed by atoms with van der Waals surface area (Å²) in [5.74, 6) is 5.27. The first-order valence-corrected chi connectivity index (χ1v) is 5.64. The van der Waals surface area contributed by atoms with Crippen LogP contribution in [-0.4, -0.2) is 22.5 Å². The maximum atomic E-state index is 5.27. The van der Waals surface area contributed by atoms with Crippen molar-refractivity contribution in [2.45, 2.75) is 33.4 Å². The third-order valence-electron chi connectivity index (χ3n) is 2.17. The number of nitrogens with one attached hydrogen (secondary N) is 1. The Bertz CT molecular complexity index is 272. The zero-order valence-electron chi connectivity index (χ0n) is 8.95. The first-order chi connectivity index (χ1) is 6.67. The third kappa shape index (κ3) is 2.94. The second-order valence-electron chi connectivity index (χ2n) is 3.43. The molecule has 3 N–H and O–H groups in total. The molecular weight excluding hydrogens is 196 g/mol. The van der Waals surface area contributed by atoms with Crippen LogP contribution in [0.4, 0.5) is 5.13 Å². The molecule has 5 heteroatoms. The Balaban J connectivity index is 2.57. The van der Waals surface area contributed by atoms with Crippen LogP contribution in [0.5, 0.6) is 0 Å². The Kier molecular flexibility index (Phi) is 4.31. The summed E-state index contributed by atoms with van der Waals surface area (Å²) in [7, 11) is 0. The van der Waals surface area contributed by atoms with Crippen molar-refractivity contribution in [3.8, 4) is 0 Å². The van der Waals surface area contributed by atoms with E-state index in [-0.39, 0.29) is 0 Å². The standard InChI is InChI=1S/C9H18N4S/c1-4-13(7(2)3)6-8-5-11-9(12-10)14-8/h5,7H,4,6,10H2,1-3H3,(H,11,12). The van der Waals surface area contributed by atoms with Crippen LogP contribution in [0.15, 0.2) is 6.20 Å². The van der Waals surface area contributed by atoms with Gasteiger partial charge in [-0.3, -0.25) is 10.3 Å². The van der Waals surface area contributed by atoms with Crippen molar-refractivity contribution in [1.29, 1.82) is 0 Å². The zero-order valence-corrected chi connectivity index (χ0v) is 9.77. The second kappa shape index (κ2) is 5.29. The average Bonchev–Trinajstić information content (AvgIpc) is 2.61. The molecule has 0 atom stereocenters. The van der Waals surface area contributed by atoms with Crippen LogP contribution >= 0.6 is 11.3 Å². The molecule has 1 rings (SSSR count). The molecule has 0 fully saturated rings. The van der Waals surface area contributed by atoms with Gasteiger partial charge in [0, 0.05) is 23.7 Å². The molecule has 0 aliphatic carbocycles. The van der Waals surface area contributed by atoms with Gasteiger partial charge in [0.05, 0.1) is 0 Å². The van der Waals surface area contributed by atoms with Crippen LogP contribution in [0, 0.1) is 0 Å². The smallest absolute Gasteiger partial charge is 0.197 e. The van der Waals surface area contributed by atoms with Gasteiger partial charge < -0.3 is 0 Å². The van der Waals surface area contributed by atoms with Gasteiger partial charge >= 0.3 is 0 Å². The number of hydrazine groups is 1. The molecule has 80 valence electrons. The first-order valence-electron chi connectivity index (χ1n) is 4.82. The lowest BCUT2D eigenvalue weighted by atomic mass is 10.3. The van der Waals surface area contributed by atoms with Crippen LogP contribution in [0.2, 0.25) is 0 Å². The van der Waals surface area contributed by atoms with E-state index < -0.39 is 0 Å². The van der Waals surface area contributed by atoms with Gasteiger partial charge in [-0.2, -0.15) is 0 Å². The average molecular weight is 214 g/mol. The first kappa shape index (κ1) is 11.4. The molecule has 0 saturated carbocycles. The van der Waals surface area contributed by atoms with Gasteiger partial charge in [0.2, 0.25) is 0 Å². The highest BCUT2D eigenvalue weighted by atomic mass is 32.1. The van der Waals surface area contributed by atoms with Gasteiger partial charge in [0.25, 0.3) is 0 Å². The Morgan fingerprint density at radius 2 is 2.36 bits per heavy atom. The number of hydrogen-bond acceptors (Lipinski definition) is 5. The summed E-state index contributed by atoms with van der Waals surface area (Å²) in [4.78, 5) is 7.76. The summed E-state index contributed by atoms with van der Waals surface area (Å²) in [5.41, 5.74) is 2.56. The third-order valence-corrected chi connectivity index (χ3v) is 3.09. The van der Waals surface area contributed by atoms with E-state index >= 15 is 0 Å². The lowest BCUT2D eigenvalue weighted by molar-refractivity contribution is 0.227. The Labute approximate surface area is 89.1 Å². The molecule has 14 heavy (non-hydrogen) atoms. The molecule has 1 aromatic heterocycles. The van der Waals surface area contributed by atoms with Gasteiger partial charge in [-0.1, -0.05) is 18.3 Å². The number of hydrogen-bond donors (Lipinski definition) is 2. The Morgan fingerprint density at radius 1 is 1.64 bits per heavy atom. The summed E-state index contributed by atoms with van der Waals surface area (Å²) in [6.07, 6.45) is 1.88. The van der Waals surface area contributed by atoms with E-state index in [2.05, 4.69) is 36.1 Å². The fraction of sp³-hybridized carbons (Fsp3) is 0.667. The summed E-state index contributed by atoms with van der Waals surface area (Å²) in [6.45, 7) is 8.58. The monoisotopic (exact) mass is 214 g/mol. The van der Waals surface area contributed by atoms with Crippen molar-refractivity contribution in [2.75, 3.05) is 12.0 Å². The quantitative estimate of drug-likeness (QED) is 0.578. The van der Waals surface area contributed by atoms with Crippen LogP contribution < -0.4 is 11.3 Å². The number of nitrogens with two attached hydrogens (primary N) is 1. The van der Waals surface area contributed by atoms with Crippen molar-refractivity contribution in [1.82, 2.24) is 9.88 Å². The predicted molar refractivity (Wildman–Crippen MR) is 61.1 cm³/mol. The van der Waals surface area contributed by atoms with Crippen LogP contribution in [-0.2, 0) is 6.54 Å². The normalized spacial score (nSPS) is 11.3. The molecule has 0 amide bonds. The molecule has 4 nitrogen and oxygen atoms in total.